The maximum absolute atomic E-state index is 13.3. The number of halogens is 1. The lowest BCUT2D eigenvalue weighted by Crippen LogP contribution is -2.24. The Labute approximate surface area is 194 Å². The SMILES string of the molecule is Cc1ccccc1-n1c(SCC(=O)NN=Cc2ccccc2Cl)nc2ccccc2c1=O. The standard InChI is InChI=1S/C24H19ClN4O2S/c1-16-8-2-7-13-21(16)29-23(31)18-10-4-6-12-20(18)27-24(29)32-15-22(30)28-26-14-17-9-3-5-11-19(17)25/h2-14H,15H2,1H3,(H,28,30). The van der Waals surface area contributed by atoms with E-state index in [1.165, 1.54) is 18.0 Å². The fraction of sp³-hybridized carbons (Fsp3) is 0.0833. The third kappa shape index (κ3) is 4.74. The van der Waals surface area contributed by atoms with E-state index in [1.54, 1.807) is 28.8 Å². The van der Waals surface area contributed by atoms with Crippen molar-refractivity contribution in [3.05, 3.63) is 99.3 Å². The highest BCUT2D eigenvalue weighted by atomic mass is 35.5. The second-order valence-corrected chi connectivity index (χ2v) is 8.29. The molecule has 0 radical (unpaired) electrons. The van der Waals surface area contributed by atoms with Crippen molar-refractivity contribution in [2.75, 3.05) is 5.75 Å². The number of hydrogen-bond donors (Lipinski definition) is 1. The van der Waals surface area contributed by atoms with Gasteiger partial charge in [-0.1, -0.05) is 71.9 Å². The number of aryl methyl sites for hydroxylation is 1. The van der Waals surface area contributed by atoms with E-state index in [4.69, 9.17) is 11.6 Å². The summed E-state index contributed by atoms with van der Waals surface area (Å²) < 4.78 is 1.56. The van der Waals surface area contributed by atoms with E-state index in [0.717, 1.165) is 11.3 Å². The van der Waals surface area contributed by atoms with Crippen LogP contribution in [-0.4, -0.2) is 27.4 Å². The molecule has 1 amide bonds. The van der Waals surface area contributed by atoms with Gasteiger partial charge in [0.2, 0.25) is 0 Å². The number of fused-ring (bicyclic) bond motifs is 1. The van der Waals surface area contributed by atoms with E-state index in [1.807, 2.05) is 55.5 Å². The molecule has 160 valence electrons. The third-order valence-corrected chi connectivity index (χ3v) is 6.01. The molecular formula is C24H19ClN4O2S. The lowest BCUT2D eigenvalue weighted by Gasteiger charge is -2.14. The fourth-order valence-electron chi connectivity index (χ4n) is 3.15. The largest absolute Gasteiger partial charge is 0.272 e. The van der Waals surface area contributed by atoms with Gasteiger partial charge in [-0.2, -0.15) is 5.10 Å². The fourth-order valence-corrected chi connectivity index (χ4v) is 4.13. The monoisotopic (exact) mass is 462 g/mol. The minimum Gasteiger partial charge on any atom is -0.272 e. The molecular weight excluding hydrogens is 444 g/mol. The first-order valence-electron chi connectivity index (χ1n) is 9.81. The first kappa shape index (κ1) is 21.8. The highest BCUT2D eigenvalue weighted by Gasteiger charge is 2.15. The molecule has 0 aliphatic rings. The average Bonchev–Trinajstić information content (AvgIpc) is 2.80. The quantitative estimate of drug-likeness (QED) is 0.197. The van der Waals surface area contributed by atoms with Gasteiger partial charge in [0.15, 0.2) is 5.16 Å². The van der Waals surface area contributed by atoms with Crippen LogP contribution in [0.2, 0.25) is 5.02 Å². The van der Waals surface area contributed by atoms with Crippen LogP contribution in [0.15, 0.2) is 87.8 Å². The molecule has 0 bridgehead atoms. The van der Waals surface area contributed by atoms with Gasteiger partial charge in [0.25, 0.3) is 11.5 Å². The number of rotatable bonds is 6. The van der Waals surface area contributed by atoms with Crippen molar-refractivity contribution in [3.8, 4) is 5.69 Å². The van der Waals surface area contributed by atoms with Crippen LogP contribution in [0.4, 0.5) is 0 Å². The molecule has 8 heteroatoms. The van der Waals surface area contributed by atoms with Crippen molar-refractivity contribution in [1.29, 1.82) is 0 Å². The van der Waals surface area contributed by atoms with Gasteiger partial charge in [0, 0.05) is 10.6 Å². The van der Waals surface area contributed by atoms with Gasteiger partial charge in [-0.3, -0.25) is 14.2 Å². The lowest BCUT2D eigenvalue weighted by atomic mass is 10.2. The van der Waals surface area contributed by atoms with Gasteiger partial charge in [-0.15, -0.1) is 0 Å². The first-order chi connectivity index (χ1) is 15.5. The molecule has 0 unspecified atom stereocenters. The number of nitrogens with one attached hydrogen (secondary N) is 1. The molecule has 4 aromatic rings. The van der Waals surface area contributed by atoms with Crippen molar-refractivity contribution in [2.45, 2.75) is 12.1 Å². The number of carbonyl (C=O) groups is 1. The van der Waals surface area contributed by atoms with E-state index in [0.29, 0.717) is 26.6 Å². The van der Waals surface area contributed by atoms with Gasteiger partial charge in [0.05, 0.1) is 28.6 Å². The second-order valence-electron chi connectivity index (χ2n) is 6.94. The second kappa shape index (κ2) is 9.80. The third-order valence-electron chi connectivity index (χ3n) is 4.73. The number of thioether (sulfide) groups is 1. The summed E-state index contributed by atoms with van der Waals surface area (Å²) in [6, 6.07) is 22.0. The summed E-state index contributed by atoms with van der Waals surface area (Å²) in [4.78, 5) is 30.3. The number of nitrogens with zero attached hydrogens (tertiary/aromatic N) is 3. The Bertz CT molecular complexity index is 1380. The summed E-state index contributed by atoms with van der Waals surface area (Å²) in [5, 5.41) is 5.47. The first-order valence-corrected chi connectivity index (χ1v) is 11.2. The number of hydrazone groups is 1. The predicted molar refractivity (Wildman–Crippen MR) is 130 cm³/mol. The van der Waals surface area contributed by atoms with E-state index in [-0.39, 0.29) is 17.2 Å². The molecule has 0 fully saturated rings. The molecule has 0 atom stereocenters. The van der Waals surface area contributed by atoms with E-state index in [9.17, 15) is 9.59 Å². The Morgan fingerprint density at radius 1 is 1.09 bits per heavy atom. The van der Waals surface area contributed by atoms with E-state index < -0.39 is 0 Å². The zero-order valence-corrected chi connectivity index (χ0v) is 18.7. The van der Waals surface area contributed by atoms with Crippen LogP contribution in [-0.2, 0) is 4.79 Å². The van der Waals surface area contributed by atoms with E-state index >= 15 is 0 Å². The van der Waals surface area contributed by atoms with Crippen LogP contribution in [0, 0.1) is 6.92 Å². The van der Waals surface area contributed by atoms with Gasteiger partial charge < -0.3 is 0 Å². The summed E-state index contributed by atoms with van der Waals surface area (Å²) in [5.41, 5.74) is 5.26. The van der Waals surface area contributed by atoms with Crippen molar-refractivity contribution >= 4 is 46.4 Å². The van der Waals surface area contributed by atoms with Crippen molar-refractivity contribution in [1.82, 2.24) is 15.0 Å². The molecule has 0 saturated heterocycles. The Morgan fingerprint density at radius 3 is 2.62 bits per heavy atom. The van der Waals surface area contributed by atoms with Gasteiger partial charge in [-0.05, 0) is 36.8 Å². The van der Waals surface area contributed by atoms with Crippen LogP contribution in [0.3, 0.4) is 0 Å². The molecule has 1 N–H and O–H groups in total. The number of benzene rings is 3. The molecule has 1 aromatic heterocycles. The minimum atomic E-state index is -0.322. The molecule has 32 heavy (non-hydrogen) atoms. The smallest absolute Gasteiger partial charge is 0.266 e. The number of carbonyl (C=O) groups excluding carboxylic acids is 1. The van der Waals surface area contributed by atoms with E-state index in [2.05, 4.69) is 15.5 Å². The van der Waals surface area contributed by atoms with Gasteiger partial charge >= 0.3 is 0 Å². The van der Waals surface area contributed by atoms with Gasteiger partial charge in [-0.25, -0.2) is 10.4 Å². The Hall–Kier alpha value is -3.42. The van der Waals surface area contributed by atoms with Crippen LogP contribution < -0.4 is 11.0 Å². The van der Waals surface area contributed by atoms with Crippen LogP contribution >= 0.6 is 23.4 Å². The van der Waals surface area contributed by atoms with Crippen LogP contribution in [0.1, 0.15) is 11.1 Å². The summed E-state index contributed by atoms with van der Waals surface area (Å²) in [7, 11) is 0. The van der Waals surface area contributed by atoms with Crippen molar-refractivity contribution in [2.24, 2.45) is 5.10 Å². The van der Waals surface area contributed by atoms with Crippen molar-refractivity contribution < 1.29 is 4.79 Å². The molecule has 0 saturated carbocycles. The number of para-hydroxylation sites is 2. The average molecular weight is 463 g/mol. The molecule has 1 heterocycles. The van der Waals surface area contributed by atoms with Gasteiger partial charge in [0.1, 0.15) is 0 Å². The zero-order valence-electron chi connectivity index (χ0n) is 17.2. The highest BCUT2D eigenvalue weighted by molar-refractivity contribution is 7.99. The molecule has 0 spiro atoms. The number of amides is 1. The number of aromatic nitrogens is 2. The molecule has 6 nitrogen and oxygen atoms in total. The molecule has 0 aliphatic heterocycles. The molecule has 0 aliphatic carbocycles. The van der Waals surface area contributed by atoms with Crippen LogP contribution in [0.5, 0.6) is 0 Å². The Balaban J connectivity index is 1.59. The molecule has 4 rings (SSSR count). The summed E-state index contributed by atoms with van der Waals surface area (Å²) >= 11 is 7.26. The number of hydrogen-bond acceptors (Lipinski definition) is 5. The zero-order chi connectivity index (χ0) is 22.5. The Kier molecular flexibility index (Phi) is 6.68. The maximum atomic E-state index is 13.3. The molecule has 3 aromatic carbocycles. The van der Waals surface area contributed by atoms with Crippen LogP contribution in [0.25, 0.3) is 16.6 Å². The predicted octanol–water partition coefficient (Wildman–Crippen LogP) is 4.59. The lowest BCUT2D eigenvalue weighted by molar-refractivity contribution is -0.118. The maximum Gasteiger partial charge on any atom is 0.266 e. The highest BCUT2D eigenvalue weighted by Crippen LogP contribution is 2.23. The minimum absolute atomic E-state index is 0.0382. The Morgan fingerprint density at radius 2 is 1.81 bits per heavy atom. The normalized spacial score (nSPS) is 11.2. The topological polar surface area (TPSA) is 76.3 Å². The summed E-state index contributed by atoms with van der Waals surface area (Å²) in [6.07, 6.45) is 1.49. The summed E-state index contributed by atoms with van der Waals surface area (Å²) in [6.45, 7) is 1.93. The summed E-state index contributed by atoms with van der Waals surface area (Å²) in [5.74, 6) is -0.284. The van der Waals surface area contributed by atoms with Crippen molar-refractivity contribution in [3.63, 3.8) is 0 Å².